The van der Waals surface area contributed by atoms with Crippen LogP contribution in [0.2, 0.25) is 0 Å². The summed E-state index contributed by atoms with van der Waals surface area (Å²) in [7, 11) is 0. The van der Waals surface area contributed by atoms with Crippen molar-refractivity contribution in [1.82, 2.24) is 5.32 Å². The molecule has 1 aromatic carbocycles. The number of amides is 1. The van der Waals surface area contributed by atoms with Gasteiger partial charge in [0.25, 0.3) is 0 Å². The fourth-order valence-corrected chi connectivity index (χ4v) is 1.74. The van der Waals surface area contributed by atoms with Gasteiger partial charge in [-0.3, -0.25) is 4.79 Å². The molecule has 100 valence electrons. The molecule has 1 rings (SSSR count). The molecule has 0 aromatic heterocycles. The van der Waals surface area contributed by atoms with Gasteiger partial charge in [-0.15, -0.1) is 0 Å². The topological polar surface area (TPSA) is 49.3 Å². The van der Waals surface area contributed by atoms with E-state index in [-0.39, 0.29) is 17.6 Å². The number of nitrogens with one attached hydrogen (secondary N) is 1. The summed E-state index contributed by atoms with van der Waals surface area (Å²) in [6, 6.07) is 7.01. The number of aromatic hydroxyl groups is 1. The van der Waals surface area contributed by atoms with Gasteiger partial charge in [0.15, 0.2) is 0 Å². The fraction of sp³-hybridized carbons (Fsp3) is 0.533. The van der Waals surface area contributed by atoms with Crippen LogP contribution in [0, 0.1) is 11.8 Å². The van der Waals surface area contributed by atoms with Crippen molar-refractivity contribution in [3.05, 3.63) is 29.8 Å². The number of carbonyl (C=O) groups is 1. The molecule has 0 radical (unpaired) electrons. The summed E-state index contributed by atoms with van der Waals surface area (Å²) in [6.45, 7) is 6.96. The van der Waals surface area contributed by atoms with Crippen molar-refractivity contribution in [3.8, 4) is 5.75 Å². The Hall–Kier alpha value is -1.51. The van der Waals surface area contributed by atoms with E-state index in [1.165, 1.54) is 0 Å². The van der Waals surface area contributed by atoms with E-state index in [0.29, 0.717) is 12.3 Å². The fourth-order valence-electron chi connectivity index (χ4n) is 1.74. The van der Waals surface area contributed by atoms with E-state index in [1.54, 1.807) is 12.1 Å². The Morgan fingerprint density at radius 3 is 2.39 bits per heavy atom. The lowest BCUT2D eigenvalue weighted by molar-refractivity contribution is -0.124. The Bertz CT molecular complexity index is 371. The zero-order valence-corrected chi connectivity index (χ0v) is 11.4. The van der Waals surface area contributed by atoms with Crippen LogP contribution in [-0.2, 0) is 11.2 Å². The van der Waals surface area contributed by atoms with Gasteiger partial charge in [0, 0.05) is 12.5 Å². The first kappa shape index (κ1) is 14.6. The van der Waals surface area contributed by atoms with Gasteiger partial charge in [0.05, 0.1) is 0 Å². The van der Waals surface area contributed by atoms with Crippen LogP contribution in [0.1, 0.15) is 32.8 Å². The third-order valence-corrected chi connectivity index (χ3v) is 2.95. The van der Waals surface area contributed by atoms with Gasteiger partial charge in [-0.1, -0.05) is 32.9 Å². The van der Waals surface area contributed by atoms with Crippen LogP contribution in [0.5, 0.6) is 5.75 Å². The van der Waals surface area contributed by atoms with Gasteiger partial charge in [-0.05, 0) is 36.5 Å². The summed E-state index contributed by atoms with van der Waals surface area (Å²) in [5.74, 6) is 0.927. The minimum absolute atomic E-state index is 0.0401. The van der Waals surface area contributed by atoms with Gasteiger partial charge >= 0.3 is 0 Å². The van der Waals surface area contributed by atoms with Crippen molar-refractivity contribution in [2.24, 2.45) is 11.8 Å². The first-order chi connectivity index (χ1) is 8.49. The quantitative estimate of drug-likeness (QED) is 0.814. The largest absolute Gasteiger partial charge is 0.508 e. The summed E-state index contributed by atoms with van der Waals surface area (Å²) in [5, 5.41) is 12.1. The molecule has 0 aliphatic rings. The molecule has 0 aliphatic carbocycles. The van der Waals surface area contributed by atoms with Gasteiger partial charge in [-0.2, -0.15) is 0 Å². The van der Waals surface area contributed by atoms with Crippen LogP contribution in [0.3, 0.4) is 0 Å². The number of phenols is 1. The maximum atomic E-state index is 11.8. The molecule has 2 N–H and O–H groups in total. The van der Waals surface area contributed by atoms with E-state index in [9.17, 15) is 9.90 Å². The van der Waals surface area contributed by atoms with Crippen molar-refractivity contribution < 1.29 is 9.90 Å². The highest BCUT2D eigenvalue weighted by atomic mass is 16.3. The number of phenolic OH excluding ortho intramolecular Hbond substituents is 1. The molecule has 1 atom stereocenters. The van der Waals surface area contributed by atoms with Crippen molar-refractivity contribution in [2.75, 3.05) is 6.54 Å². The molecule has 0 bridgehead atoms. The zero-order valence-electron chi connectivity index (χ0n) is 11.4. The molecule has 1 amide bonds. The number of hydrogen-bond donors (Lipinski definition) is 2. The molecular formula is C15H23NO2. The molecule has 3 nitrogen and oxygen atoms in total. The smallest absolute Gasteiger partial charge is 0.223 e. The summed E-state index contributed by atoms with van der Waals surface area (Å²) in [5.41, 5.74) is 1.07. The Morgan fingerprint density at radius 2 is 1.83 bits per heavy atom. The third kappa shape index (κ3) is 5.21. The Morgan fingerprint density at radius 1 is 1.22 bits per heavy atom. The molecule has 0 saturated carbocycles. The first-order valence-electron chi connectivity index (χ1n) is 6.54. The Kier molecular flexibility index (Phi) is 5.69. The lowest BCUT2D eigenvalue weighted by Gasteiger charge is -2.13. The minimum atomic E-state index is -0.0401. The second-order valence-electron chi connectivity index (χ2n) is 5.25. The molecule has 18 heavy (non-hydrogen) atoms. The van der Waals surface area contributed by atoms with E-state index in [2.05, 4.69) is 19.2 Å². The SMILES string of the molecule is CC(C)CCNC(=O)C(C)Cc1ccc(O)cc1. The van der Waals surface area contributed by atoms with E-state index in [0.717, 1.165) is 18.5 Å². The van der Waals surface area contributed by atoms with Gasteiger partial charge in [0.1, 0.15) is 5.75 Å². The average Bonchev–Trinajstić information content (AvgIpc) is 2.31. The van der Waals surface area contributed by atoms with Gasteiger partial charge < -0.3 is 10.4 Å². The lowest BCUT2D eigenvalue weighted by Crippen LogP contribution is -2.31. The van der Waals surface area contributed by atoms with Crippen molar-refractivity contribution in [3.63, 3.8) is 0 Å². The first-order valence-corrected chi connectivity index (χ1v) is 6.54. The van der Waals surface area contributed by atoms with Gasteiger partial charge in [-0.25, -0.2) is 0 Å². The molecular weight excluding hydrogens is 226 g/mol. The maximum absolute atomic E-state index is 11.8. The van der Waals surface area contributed by atoms with Crippen LogP contribution >= 0.6 is 0 Å². The highest BCUT2D eigenvalue weighted by Crippen LogP contribution is 2.13. The number of carbonyl (C=O) groups excluding carboxylic acids is 1. The van der Waals surface area contributed by atoms with Crippen molar-refractivity contribution in [2.45, 2.75) is 33.6 Å². The van der Waals surface area contributed by atoms with Crippen LogP contribution in [0.15, 0.2) is 24.3 Å². The molecule has 0 spiro atoms. The molecule has 1 unspecified atom stereocenters. The number of benzene rings is 1. The normalized spacial score (nSPS) is 12.4. The number of hydrogen-bond acceptors (Lipinski definition) is 2. The van der Waals surface area contributed by atoms with Gasteiger partial charge in [0.2, 0.25) is 5.91 Å². The molecule has 0 heterocycles. The van der Waals surface area contributed by atoms with Crippen LogP contribution < -0.4 is 5.32 Å². The highest BCUT2D eigenvalue weighted by molar-refractivity contribution is 5.78. The minimum Gasteiger partial charge on any atom is -0.508 e. The second-order valence-corrected chi connectivity index (χ2v) is 5.25. The summed E-state index contributed by atoms with van der Waals surface area (Å²) >= 11 is 0. The predicted octanol–water partition coefficient (Wildman–Crippen LogP) is 2.73. The average molecular weight is 249 g/mol. The third-order valence-electron chi connectivity index (χ3n) is 2.95. The Labute approximate surface area is 109 Å². The monoisotopic (exact) mass is 249 g/mol. The molecule has 0 aliphatic heterocycles. The maximum Gasteiger partial charge on any atom is 0.223 e. The highest BCUT2D eigenvalue weighted by Gasteiger charge is 2.13. The van der Waals surface area contributed by atoms with Crippen molar-refractivity contribution in [1.29, 1.82) is 0 Å². The number of rotatable bonds is 6. The Balaban J connectivity index is 2.37. The lowest BCUT2D eigenvalue weighted by atomic mass is 10.00. The van der Waals surface area contributed by atoms with E-state index in [1.807, 2.05) is 19.1 Å². The zero-order chi connectivity index (χ0) is 13.5. The molecule has 0 fully saturated rings. The molecule has 3 heteroatoms. The van der Waals surface area contributed by atoms with E-state index < -0.39 is 0 Å². The second kappa shape index (κ2) is 7.04. The van der Waals surface area contributed by atoms with Crippen LogP contribution in [-0.4, -0.2) is 17.6 Å². The standard InChI is InChI=1S/C15H23NO2/c1-11(2)8-9-16-15(18)12(3)10-13-4-6-14(17)7-5-13/h4-7,11-12,17H,8-10H2,1-3H3,(H,16,18). The summed E-state index contributed by atoms with van der Waals surface area (Å²) in [6.07, 6.45) is 1.71. The molecule has 1 aromatic rings. The van der Waals surface area contributed by atoms with E-state index in [4.69, 9.17) is 0 Å². The van der Waals surface area contributed by atoms with E-state index >= 15 is 0 Å². The van der Waals surface area contributed by atoms with Crippen LogP contribution in [0.4, 0.5) is 0 Å². The predicted molar refractivity (Wildman–Crippen MR) is 73.4 cm³/mol. The molecule has 0 saturated heterocycles. The van der Waals surface area contributed by atoms with Crippen molar-refractivity contribution >= 4 is 5.91 Å². The van der Waals surface area contributed by atoms with Crippen LogP contribution in [0.25, 0.3) is 0 Å². The summed E-state index contributed by atoms with van der Waals surface area (Å²) in [4.78, 5) is 11.8. The summed E-state index contributed by atoms with van der Waals surface area (Å²) < 4.78 is 0.